The quantitative estimate of drug-likeness (QED) is 0.459. The highest BCUT2D eigenvalue weighted by atomic mass is 16.5. The number of pyridine rings is 1. The molecular formula is C29H27N3O2. The number of hydrogen-bond donors (Lipinski definition) is 1. The Bertz CT molecular complexity index is 1240. The van der Waals surface area contributed by atoms with Crippen LogP contribution in [0.25, 0.3) is 0 Å². The molecule has 34 heavy (non-hydrogen) atoms. The van der Waals surface area contributed by atoms with Gasteiger partial charge in [-0.2, -0.15) is 0 Å². The first kappa shape index (κ1) is 21.7. The highest BCUT2D eigenvalue weighted by Crippen LogP contribution is 2.26. The zero-order valence-corrected chi connectivity index (χ0v) is 18.9. The Kier molecular flexibility index (Phi) is 6.52. The molecule has 5 heteroatoms. The normalized spacial score (nSPS) is 15.6. The molecule has 1 amide bonds. The van der Waals surface area contributed by atoms with Crippen molar-refractivity contribution in [3.8, 4) is 5.75 Å². The maximum absolute atomic E-state index is 13.8. The van der Waals surface area contributed by atoms with Crippen molar-refractivity contribution in [3.05, 3.63) is 126 Å². The van der Waals surface area contributed by atoms with E-state index >= 15 is 0 Å². The molecule has 5 nitrogen and oxygen atoms in total. The monoisotopic (exact) mass is 449 g/mol. The van der Waals surface area contributed by atoms with Crippen LogP contribution < -0.4 is 10.1 Å². The van der Waals surface area contributed by atoms with E-state index in [2.05, 4.69) is 40.6 Å². The maximum atomic E-state index is 13.8. The maximum Gasteiger partial charge on any atom is 0.273 e. The number of carbonyl (C=O) groups excluding carboxylic acids is 1. The molecule has 0 unspecified atom stereocenters. The summed E-state index contributed by atoms with van der Waals surface area (Å²) >= 11 is 0. The minimum atomic E-state index is -0.184. The smallest absolute Gasteiger partial charge is 0.273 e. The van der Waals surface area contributed by atoms with Gasteiger partial charge in [-0.05, 0) is 41.8 Å². The zero-order chi connectivity index (χ0) is 23.2. The summed E-state index contributed by atoms with van der Waals surface area (Å²) in [5.74, 6) is 0.727. The summed E-state index contributed by atoms with van der Waals surface area (Å²) in [4.78, 5) is 20.1. The predicted octanol–water partition coefficient (Wildman–Crippen LogP) is 5.34. The van der Waals surface area contributed by atoms with Crippen LogP contribution in [0, 0.1) is 0 Å². The molecule has 0 fully saturated rings. The van der Waals surface area contributed by atoms with Gasteiger partial charge in [0.25, 0.3) is 5.91 Å². The van der Waals surface area contributed by atoms with Gasteiger partial charge >= 0.3 is 0 Å². The first-order chi connectivity index (χ1) is 16.8. The second-order valence-electron chi connectivity index (χ2n) is 8.42. The van der Waals surface area contributed by atoms with Gasteiger partial charge in [-0.3, -0.25) is 9.78 Å². The van der Waals surface area contributed by atoms with E-state index in [1.165, 1.54) is 0 Å². The van der Waals surface area contributed by atoms with E-state index in [-0.39, 0.29) is 11.9 Å². The molecule has 0 saturated carbocycles. The van der Waals surface area contributed by atoms with Gasteiger partial charge in [0, 0.05) is 30.5 Å². The molecule has 1 N–H and O–H groups in total. The lowest BCUT2D eigenvalue weighted by Gasteiger charge is -2.32. The lowest BCUT2D eigenvalue weighted by atomic mass is 10.0. The number of anilines is 1. The summed E-state index contributed by atoms with van der Waals surface area (Å²) < 4.78 is 6.37. The van der Waals surface area contributed by atoms with Crippen LogP contribution in [0.2, 0.25) is 0 Å². The highest BCUT2D eigenvalue weighted by molar-refractivity contribution is 5.92. The highest BCUT2D eigenvalue weighted by Gasteiger charge is 2.28. The van der Waals surface area contributed by atoms with E-state index in [4.69, 9.17) is 4.74 Å². The van der Waals surface area contributed by atoms with Crippen LogP contribution in [-0.2, 0) is 19.5 Å². The van der Waals surface area contributed by atoms with E-state index in [9.17, 15) is 4.79 Å². The number of hydrogen-bond acceptors (Lipinski definition) is 4. The summed E-state index contributed by atoms with van der Waals surface area (Å²) in [7, 11) is 0. The van der Waals surface area contributed by atoms with Gasteiger partial charge in [0.1, 0.15) is 18.1 Å². The molecule has 4 aromatic rings. The Labute approximate surface area is 200 Å². The van der Waals surface area contributed by atoms with Crippen molar-refractivity contribution in [2.45, 2.75) is 25.6 Å². The lowest BCUT2D eigenvalue weighted by Crippen LogP contribution is -2.45. The predicted molar refractivity (Wildman–Crippen MR) is 134 cm³/mol. The van der Waals surface area contributed by atoms with Crippen LogP contribution in [0.15, 0.2) is 103 Å². The summed E-state index contributed by atoms with van der Waals surface area (Å²) in [6.07, 6.45) is 2.34. The number of amides is 1. The van der Waals surface area contributed by atoms with E-state index < -0.39 is 0 Å². The third-order valence-corrected chi connectivity index (χ3v) is 6.13. The molecule has 1 atom stereocenters. The second kappa shape index (κ2) is 10.2. The molecule has 5 rings (SSSR count). The molecule has 0 bridgehead atoms. The molecule has 2 heterocycles. The number of para-hydroxylation sites is 2. The van der Waals surface area contributed by atoms with Crippen molar-refractivity contribution in [1.82, 2.24) is 9.88 Å². The summed E-state index contributed by atoms with van der Waals surface area (Å²) in [6.45, 7) is 1.48. The summed E-state index contributed by atoms with van der Waals surface area (Å²) in [5, 5.41) is 3.55. The average molecular weight is 450 g/mol. The zero-order valence-electron chi connectivity index (χ0n) is 18.9. The number of benzene rings is 3. The Morgan fingerprint density at radius 2 is 1.62 bits per heavy atom. The third-order valence-electron chi connectivity index (χ3n) is 6.13. The molecule has 1 aliphatic rings. The Hall–Kier alpha value is -4.12. The van der Waals surface area contributed by atoms with E-state index in [1.54, 1.807) is 12.3 Å². The second-order valence-corrected chi connectivity index (χ2v) is 8.42. The van der Waals surface area contributed by atoms with Crippen molar-refractivity contribution >= 4 is 11.6 Å². The molecular weight excluding hydrogens is 422 g/mol. The van der Waals surface area contributed by atoms with Crippen molar-refractivity contribution in [3.63, 3.8) is 0 Å². The van der Waals surface area contributed by atoms with Crippen LogP contribution in [0.4, 0.5) is 5.69 Å². The van der Waals surface area contributed by atoms with Crippen LogP contribution in [0.5, 0.6) is 5.75 Å². The van der Waals surface area contributed by atoms with E-state index in [0.717, 1.165) is 28.1 Å². The number of carbonyl (C=O) groups is 1. The Balaban J connectivity index is 1.58. The van der Waals surface area contributed by atoms with Crippen LogP contribution in [0.3, 0.4) is 0 Å². The minimum Gasteiger partial charge on any atom is -0.491 e. The molecule has 170 valence electrons. The third kappa shape index (κ3) is 4.94. The van der Waals surface area contributed by atoms with Gasteiger partial charge in [0.05, 0.1) is 6.04 Å². The van der Waals surface area contributed by atoms with Gasteiger partial charge in [-0.15, -0.1) is 0 Å². The van der Waals surface area contributed by atoms with Crippen molar-refractivity contribution in [1.29, 1.82) is 0 Å². The van der Waals surface area contributed by atoms with E-state index in [1.807, 2.05) is 65.6 Å². The van der Waals surface area contributed by atoms with E-state index in [0.29, 0.717) is 31.8 Å². The van der Waals surface area contributed by atoms with Crippen molar-refractivity contribution in [2.24, 2.45) is 0 Å². The summed E-state index contributed by atoms with van der Waals surface area (Å²) in [6, 6.07) is 31.7. The molecule has 0 saturated heterocycles. The first-order valence-electron chi connectivity index (χ1n) is 11.6. The standard InChI is InChI=1S/C29H27N3O2/c33-29(27-15-8-9-17-30-27)32-20-24-13-4-6-14-26(24)31-19-23-12-5-7-16-28(23)34-21-25(32)18-22-10-2-1-3-11-22/h1-17,25,31H,18-21H2/t25-/m0/s1. The Morgan fingerprint density at radius 3 is 2.44 bits per heavy atom. The molecule has 0 radical (unpaired) electrons. The molecule has 0 spiro atoms. The molecule has 1 aliphatic heterocycles. The first-order valence-corrected chi connectivity index (χ1v) is 11.6. The molecule has 0 aliphatic carbocycles. The largest absolute Gasteiger partial charge is 0.491 e. The van der Waals surface area contributed by atoms with Crippen molar-refractivity contribution in [2.75, 3.05) is 11.9 Å². The molecule has 3 aromatic carbocycles. The number of rotatable bonds is 3. The Morgan fingerprint density at radius 1 is 0.882 bits per heavy atom. The van der Waals surface area contributed by atoms with Crippen LogP contribution in [-0.4, -0.2) is 28.4 Å². The fourth-order valence-electron chi connectivity index (χ4n) is 4.33. The number of fused-ring (bicyclic) bond motifs is 2. The number of nitrogens with zero attached hydrogens (tertiary/aromatic N) is 2. The van der Waals surface area contributed by atoms with Gasteiger partial charge in [0.15, 0.2) is 0 Å². The fourth-order valence-corrected chi connectivity index (χ4v) is 4.33. The fraction of sp³-hybridized carbons (Fsp3) is 0.172. The lowest BCUT2D eigenvalue weighted by molar-refractivity contribution is 0.0585. The van der Waals surface area contributed by atoms with Gasteiger partial charge < -0.3 is 15.0 Å². The average Bonchev–Trinajstić information content (AvgIpc) is 2.93. The topological polar surface area (TPSA) is 54.5 Å². The minimum absolute atomic E-state index is 0.104. The van der Waals surface area contributed by atoms with Gasteiger partial charge in [-0.1, -0.05) is 72.8 Å². The number of aromatic nitrogens is 1. The molecule has 1 aromatic heterocycles. The van der Waals surface area contributed by atoms with Gasteiger partial charge in [-0.25, -0.2) is 0 Å². The van der Waals surface area contributed by atoms with Crippen molar-refractivity contribution < 1.29 is 9.53 Å². The number of nitrogens with one attached hydrogen (secondary N) is 1. The SMILES string of the molecule is O=C(c1ccccn1)N1Cc2ccccc2NCc2ccccc2OC[C@@H]1Cc1ccccc1. The summed E-state index contributed by atoms with van der Waals surface area (Å²) in [5.41, 5.74) is 4.74. The number of ether oxygens (including phenoxy) is 1. The van der Waals surface area contributed by atoms with Crippen LogP contribution >= 0.6 is 0 Å². The van der Waals surface area contributed by atoms with Gasteiger partial charge in [0.2, 0.25) is 0 Å². The van der Waals surface area contributed by atoms with Crippen LogP contribution in [0.1, 0.15) is 27.2 Å².